The Hall–Kier alpha value is -2.50. The molecule has 0 aliphatic carbocycles. The fourth-order valence-corrected chi connectivity index (χ4v) is 3.42. The Bertz CT molecular complexity index is 944. The molecule has 0 bridgehead atoms. The van der Waals surface area contributed by atoms with Crippen LogP contribution in [-0.4, -0.2) is 39.9 Å². The van der Waals surface area contributed by atoms with Crippen molar-refractivity contribution in [2.75, 3.05) is 21.3 Å². The van der Waals surface area contributed by atoms with Crippen LogP contribution in [0.25, 0.3) is 0 Å². The highest BCUT2D eigenvalue weighted by molar-refractivity contribution is 14.0. The number of nitrogens with zero attached hydrogens (tertiary/aromatic N) is 1. The van der Waals surface area contributed by atoms with E-state index in [1.54, 1.807) is 26.3 Å². The summed E-state index contributed by atoms with van der Waals surface area (Å²) in [5.74, 6) is 2.73. The number of fused-ring (bicyclic) bond motifs is 1. The fraction of sp³-hybridized carbons (Fsp3) is 0.409. The molecule has 0 saturated carbocycles. The van der Waals surface area contributed by atoms with Gasteiger partial charge in [0.05, 0.1) is 14.2 Å². The van der Waals surface area contributed by atoms with Crippen molar-refractivity contribution in [3.63, 3.8) is 0 Å². The first-order chi connectivity index (χ1) is 14.9. The monoisotopic (exact) mass is 563 g/mol. The van der Waals surface area contributed by atoms with Crippen LogP contribution in [0.3, 0.4) is 0 Å². The van der Waals surface area contributed by atoms with Crippen LogP contribution in [0, 0.1) is 0 Å². The molecule has 32 heavy (non-hydrogen) atoms. The summed E-state index contributed by atoms with van der Waals surface area (Å²) < 4.78 is 46.6. The Morgan fingerprint density at radius 2 is 1.78 bits per heavy atom. The lowest BCUT2D eigenvalue weighted by molar-refractivity contribution is -0.0505. The minimum atomic E-state index is -2.92. The second-order valence-corrected chi connectivity index (χ2v) is 7.04. The number of nitrogens with one attached hydrogen (secondary N) is 2. The highest BCUT2D eigenvalue weighted by atomic mass is 127. The molecular formula is C22H28F2IN3O4. The van der Waals surface area contributed by atoms with Gasteiger partial charge in [0.15, 0.2) is 5.96 Å². The molecule has 0 radical (unpaired) electrons. The van der Waals surface area contributed by atoms with Gasteiger partial charge in [-0.25, -0.2) is 0 Å². The van der Waals surface area contributed by atoms with Crippen LogP contribution < -0.4 is 29.6 Å². The second-order valence-electron chi connectivity index (χ2n) is 7.04. The zero-order valence-corrected chi connectivity index (χ0v) is 20.7. The quantitative estimate of drug-likeness (QED) is 0.286. The summed E-state index contributed by atoms with van der Waals surface area (Å²) in [6.07, 6.45) is 0.997. The molecule has 1 unspecified atom stereocenters. The summed E-state index contributed by atoms with van der Waals surface area (Å²) in [4.78, 5) is 4.19. The number of ether oxygens (including phenoxy) is 4. The number of alkyl halides is 2. The van der Waals surface area contributed by atoms with E-state index in [2.05, 4.69) is 20.4 Å². The minimum Gasteiger partial charge on any atom is -0.497 e. The molecule has 0 aromatic heterocycles. The summed E-state index contributed by atoms with van der Waals surface area (Å²) in [6, 6.07) is 8.62. The average molecular weight is 563 g/mol. The normalized spacial score (nSPS) is 14.8. The van der Waals surface area contributed by atoms with Gasteiger partial charge in [-0.2, -0.15) is 8.78 Å². The van der Waals surface area contributed by atoms with Crippen molar-refractivity contribution in [1.29, 1.82) is 0 Å². The van der Waals surface area contributed by atoms with Gasteiger partial charge >= 0.3 is 6.61 Å². The smallest absolute Gasteiger partial charge is 0.387 e. The SMILES string of the molecule is CN=C(NCc1cc2c(cc1OC)CC(C)O2)NCc1cc(OC)ccc1OC(F)F.I. The molecule has 2 aromatic rings. The Morgan fingerprint density at radius 1 is 1.09 bits per heavy atom. The lowest BCUT2D eigenvalue weighted by atomic mass is 10.1. The van der Waals surface area contributed by atoms with Crippen LogP contribution in [0.2, 0.25) is 0 Å². The molecule has 1 aliphatic heterocycles. The first kappa shape index (κ1) is 25.8. The molecule has 1 atom stereocenters. The number of halogens is 3. The lowest BCUT2D eigenvalue weighted by Crippen LogP contribution is -2.36. The van der Waals surface area contributed by atoms with Gasteiger partial charge in [0.25, 0.3) is 0 Å². The first-order valence-electron chi connectivity index (χ1n) is 9.86. The van der Waals surface area contributed by atoms with Crippen LogP contribution in [0.5, 0.6) is 23.0 Å². The van der Waals surface area contributed by atoms with E-state index in [9.17, 15) is 8.78 Å². The zero-order valence-electron chi connectivity index (χ0n) is 18.4. The third kappa shape index (κ3) is 6.50. The lowest BCUT2D eigenvalue weighted by Gasteiger charge is -2.16. The first-order valence-corrected chi connectivity index (χ1v) is 9.86. The molecule has 10 heteroatoms. The molecule has 2 N–H and O–H groups in total. The molecule has 0 amide bonds. The van der Waals surface area contributed by atoms with Crippen molar-refractivity contribution < 1.29 is 27.7 Å². The number of guanidine groups is 1. The third-order valence-corrected chi connectivity index (χ3v) is 4.90. The number of rotatable bonds is 8. The van der Waals surface area contributed by atoms with Crippen molar-refractivity contribution in [1.82, 2.24) is 10.6 Å². The predicted molar refractivity (Wildman–Crippen MR) is 129 cm³/mol. The van der Waals surface area contributed by atoms with Crippen LogP contribution in [0.4, 0.5) is 8.78 Å². The van der Waals surface area contributed by atoms with Gasteiger partial charge < -0.3 is 29.6 Å². The van der Waals surface area contributed by atoms with E-state index in [-0.39, 0.29) is 42.4 Å². The number of benzene rings is 2. The van der Waals surface area contributed by atoms with Crippen molar-refractivity contribution in [2.45, 2.75) is 39.1 Å². The van der Waals surface area contributed by atoms with Crippen molar-refractivity contribution in [3.05, 3.63) is 47.0 Å². The number of aliphatic imine (C=N–C) groups is 1. The molecule has 0 spiro atoms. The molecule has 0 fully saturated rings. The average Bonchev–Trinajstić information content (AvgIpc) is 3.12. The van der Waals surface area contributed by atoms with Gasteiger partial charge in [0, 0.05) is 43.2 Å². The predicted octanol–water partition coefficient (Wildman–Crippen LogP) is 4.11. The van der Waals surface area contributed by atoms with Crippen LogP contribution in [0.15, 0.2) is 35.3 Å². The number of hydrogen-bond donors (Lipinski definition) is 2. The molecule has 3 rings (SSSR count). The van der Waals surface area contributed by atoms with E-state index in [0.717, 1.165) is 29.0 Å². The molecule has 176 valence electrons. The minimum absolute atomic E-state index is 0. The standard InChI is InChI=1S/C22H27F2N3O4.HI/c1-13-7-14-9-19(29-4)16(10-20(14)30-13)12-27-22(25-2)26-11-15-8-17(28-3)5-6-18(15)31-21(23)24;/h5-6,8-10,13,21H,7,11-12H2,1-4H3,(H2,25,26,27);1H. The van der Waals surface area contributed by atoms with Crippen molar-refractivity contribution in [3.8, 4) is 23.0 Å². The topological polar surface area (TPSA) is 73.3 Å². The highest BCUT2D eigenvalue weighted by Gasteiger charge is 2.21. The maximum Gasteiger partial charge on any atom is 0.387 e. The van der Waals surface area contributed by atoms with Crippen LogP contribution in [-0.2, 0) is 19.5 Å². The largest absolute Gasteiger partial charge is 0.497 e. The number of methoxy groups -OCH3 is 2. The van der Waals surface area contributed by atoms with E-state index in [1.165, 1.54) is 13.2 Å². The third-order valence-electron chi connectivity index (χ3n) is 4.90. The Balaban J connectivity index is 0.00000363. The maximum absolute atomic E-state index is 12.7. The van der Waals surface area contributed by atoms with Gasteiger partial charge in [0.2, 0.25) is 0 Å². The Morgan fingerprint density at radius 3 is 2.38 bits per heavy atom. The van der Waals surface area contributed by atoms with Gasteiger partial charge in [-0.3, -0.25) is 4.99 Å². The molecule has 0 saturated heterocycles. The summed E-state index contributed by atoms with van der Waals surface area (Å²) in [5, 5.41) is 6.31. The van der Waals surface area contributed by atoms with Gasteiger partial charge in [-0.15, -0.1) is 24.0 Å². The van der Waals surface area contributed by atoms with E-state index in [0.29, 0.717) is 23.8 Å². The van der Waals surface area contributed by atoms with E-state index in [1.807, 2.05) is 19.1 Å². The number of hydrogen-bond acceptors (Lipinski definition) is 5. The van der Waals surface area contributed by atoms with E-state index < -0.39 is 6.61 Å². The van der Waals surface area contributed by atoms with Gasteiger partial charge in [-0.05, 0) is 37.3 Å². The zero-order chi connectivity index (χ0) is 22.4. The Labute approximate surface area is 203 Å². The van der Waals surface area contributed by atoms with Crippen LogP contribution in [0.1, 0.15) is 23.6 Å². The van der Waals surface area contributed by atoms with Crippen molar-refractivity contribution in [2.24, 2.45) is 4.99 Å². The fourth-order valence-electron chi connectivity index (χ4n) is 3.42. The van der Waals surface area contributed by atoms with Gasteiger partial charge in [0.1, 0.15) is 29.1 Å². The molecule has 2 aromatic carbocycles. The van der Waals surface area contributed by atoms with E-state index in [4.69, 9.17) is 14.2 Å². The highest BCUT2D eigenvalue weighted by Crippen LogP contribution is 2.35. The van der Waals surface area contributed by atoms with E-state index >= 15 is 0 Å². The Kier molecular flexibility index (Phi) is 9.60. The maximum atomic E-state index is 12.7. The summed E-state index contributed by atoms with van der Waals surface area (Å²) >= 11 is 0. The molecule has 7 nitrogen and oxygen atoms in total. The summed E-state index contributed by atoms with van der Waals surface area (Å²) in [6.45, 7) is -0.240. The molecule has 1 aliphatic rings. The van der Waals surface area contributed by atoms with Crippen LogP contribution >= 0.6 is 24.0 Å². The summed E-state index contributed by atoms with van der Waals surface area (Å²) in [5.41, 5.74) is 2.56. The molecule has 1 heterocycles. The van der Waals surface area contributed by atoms with Crippen molar-refractivity contribution >= 4 is 29.9 Å². The van der Waals surface area contributed by atoms with Gasteiger partial charge in [-0.1, -0.05) is 0 Å². The molecular weight excluding hydrogens is 535 g/mol. The summed E-state index contributed by atoms with van der Waals surface area (Å²) in [7, 11) is 4.77. The second kappa shape index (κ2) is 11.9.